The maximum atomic E-state index is 13.5. The van der Waals surface area contributed by atoms with Crippen LogP contribution in [0.1, 0.15) is 36.4 Å². The van der Waals surface area contributed by atoms with Gasteiger partial charge in [-0.25, -0.2) is 4.39 Å². The SMILES string of the molecule is CNC(C1=CCCC1)c1ccc(C)c(F)c1. The number of halogens is 1. The van der Waals surface area contributed by atoms with E-state index < -0.39 is 0 Å². The first kappa shape index (κ1) is 11.3. The number of hydrogen-bond acceptors (Lipinski definition) is 1. The van der Waals surface area contributed by atoms with Crippen LogP contribution in [0.2, 0.25) is 0 Å². The third-order valence-electron chi connectivity index (χ3n) is 3.26. The largest absolute Gasteiger partial charge is 0.310 e. The average Bonchev–Trinajstić information content (AvgIpc) is 2.78. The van der Waals surface area contributed by atoms with Gasteiger partial charge in [-0.15, -0.1) is 0 Å². The van der Waals surface area contributed by atoms with E-state index in [1.807, 2.05) is 19.2 Å². The Labute approximate surface area is 96.4 Å². The fourth-order valence-electron chi connectivity index (χ4n) is 2.31. The zero-order valence-corrected chi connectivity index (χ0v) is 9.89. The first-order valence-corrected chi connectivity index (χ1v) is 5.84. The standard InChI is InChI=1S/C14H18FN/c1-10-7-8-12(9-13(10)15)14(16-2)11-5-3-4-6-11/h5,7-9,14,16H,3-4,6H2,1-2H3. The molecule has 1 aliphatic rings. The minimum Gasteiger partial charge on any atom is -0.310 e. The number of rotatable bonds is 3. The summed E-state index contributed by atoms with van der Waals surface area (Å²) in [6, 6.07) is 5.69. The van der Waals surface area contributed by atoms with E-state index in [1.165, 1.54) is 12.0 Å². The van der Waals surface area contributed by atoms with Crippen LogP contribution < -0.4 is 5.32 Å². The molecule has 0 amide bonds. The lowest BCUT2D eigenvalue weighted by atomic mass is 9.97. The van der Waals surface area contributed by atoms with Gasteiger partial charge in [0.15, 0.2) is 0 Å². The van der Waals surface area contributed by atoms with Gasteiger partial charge in [0.1, 0.15) is 5.82 Å². The van der Waals surface area contributed by atoms with E-state index in [9.17, 15) is 4.39 Å². The Bertz CT molecular complexity index is 409. The zero-order valence-electron chi connectivity index (χ0n) is 9.89. The number of aryl methyl sites for hydroxylation is 1. The predicted molar refractivity (Wildman–Crippen MR) is 64.9 cm³/mol. The summed E-state index contributed by atoms with van der Waals surface area (Å²) in [6.07, 6.45) is 5.78. The van der Waals surface area contributed by atoms with Crippen LogP contribution in [0.3, 0.4) is 0 Å². The van der Waals surface area contributed by atoms with E-state index in [0.717, 1.165) is 18.4 Å². The molecule has 1 aromatic rings. The van der Waals surface area contributed by atoms with Crippen LogP contribution in [0.25, 0.3) is 0 Å². The Morgan fingerprint density at radius 1 is 1.38 bits per heavy atom. The predicted octanol–water partition coefficient (Wildman–Crippen LogP) is 3.50. The third-order valence-corrected chi connectivity index (χ3v) is 3.26. The summed E-state index contributed by atoms with van der Waals surface area (Å²) in [7, 11) is 1.93. The van der Waals surface area contributed by atoms with Gasteiger partial charge in [-0.1, -0.05) is 23.8 Å². The molecule has 2 rings (SSSR count). The van der Waals surface area contributed by atoms with Crippen LogP contribution >= 0.6 is 0 Å². The van der Waals surface area contributed by atoms with Gasteiger partial charge in [0.2, 0.25) is 0 Å². The first-order chi connectivity index (χ1) is 7.72. The molecule has 16 heavy (non-hydrogen) atoms. The fourth-order valence-corrected chi connectivity index (χ4v) is 2.31. The summed E-state index contributed by atoms with van der Waals surface area (Å²) in [4.78, 5) is 0. The van der Waals surface area contributed by atoms with Crippen molar-refractivity contribution in [2.75, 3.05) is 7.05 Å². The molecule has 0 spiro atoms. The van der Waals surface area contributed by atoms with Crippen LogP contribution in [0.4, 0.5) is 4.39 Å². The fraction of sp³-hybridized carbons (Fsp3) is 0.429. The topological polar surface area (TPSA) is 12.0 Å². The molecule has 1 atom stereocenters. The molecule has 0 fully saturated rings. The third kappa shape index (κ3) is 2.17. The highest BCUT2D eigenvalue weighted by atomic mass is 19.1. The molecular weight excluding hydrogens is 201 g/mol. The highest BCUT2D eigenvalue weighted by Crippen LogP contribution is 2.30. The Hall–Kier alpha value is -1.15. The van der Waals surface area contributed by atoms with Crippen LogP contribution in [0.15, 0.2) is 29.8 Å². The molecule has 1 N–H and O–H groups in total. The molecular formula is C14H18FN. The molecule has 1 nitrogen and oxygen atoms in total. The molecule has 1 unspecified atom stereocenters. The maximum absolute atomic E-state index is 13.5. The lowest BCUT2D eigenvalue weighted by Crippen LogP contribution is -2.18. The van der Waals surface area contributed by atoms with E-state index in [-0.39, 0.29) is 11.9 Å². The van der Waals surface area contributed by atoms with Gasteiger partial charge in [-0.3, -0.25) is 0 Å². The Balaban J connectivity index is 2.29. The van der Waals surface area contributed by atoms with Crippen molar-refractivity contribution in [1.29, 1.82) is 0 Å². The molecule has 0 saturated heterocycles. The highest BCUT2D eigenvalue weighted by molar-refractivity contribution is 5.32. The molecule has 0 aliphatic heterocycles. The molecule has 2 heteroatoms. The van der Waals surface area contributed by atoms with Crippen molar-refractivity contribution >= 4 is 0 Å². The van der Waals surface area contributed by atoms with Crippen LogP contribution in [-0.4, -0.2) is 7.05 Å². The number of benzene rings is 1. The normalized spacial score (nSPS) is 17.3. The van der Waals surface area contributed by atoms with Gasteiger partial charge in [0.05, 0.1) is 6.04 Å². The summed E-state index contributed by atoms with van der Waals surface area (Å²) in [5.74, 6) is -0.114. The molecule has 0 aromatic heterocycles. The van der Waals surface area contributed by atoms with E-state index in [0.29, 0.717) is 5.56 Å². The summed E-state index contributed by atoms with van der Waals surface area (Å²) >= 11 is 0. The second-order valence-corrected chi connectivity index (χ2v) is 4.40. The van der Waals surface area contributed by atoms with Gasteiger partial charge in [0.25, 0.3) is 0 Å². The van der Waals surface area contributed by atoms with Gasteiger partial charge < -0.3 is 5.32 Å². The van der Waals surface area contributed by atoms with Crippen molar-refractivity contribution in [2.24, 2.45) is 0 Å². The second kappa shape index (κ2) is 4.79. The van der Waals surface area contributed by atoms with Crippen molar-refractivity contribution < 1.29 is 4.39 Å². The minimum absolute atomic E-state index is 0.114. The average molecular weight is 219 g/mol. The van der Waals surface area contributed by atoms with Crippen LogP contribution in [0.5, 0.6) is 0 Å². The van der Waals surface area contributed by atoms with Crippen molar-refractivity contribution in [3.05, 3.63) is 46.8 Å². The molecule has 0 bridgehead atoms. The maximum Gasteiger partial charge on any atom is 0.126 e. The second-order valence-electron chi connectivity index (χ2n) is 4.40. The lowest BCUT2D eigenvalue weighted by Gasteiger charge is -2.18. The number of hydrogen-bond donors (Lipinski definition) is 1. The minimum atomic E-state index is -0.114. The molecule has 86 valence electrons. The van der Waals surface area contributed by atoms with Gasteiger partial charge in [-0.05, 0) is 50.4 Å². The lowest BCUT2D eigenvalue weighted by molar-refractivity contribution is 0.603. The Morgan fingerprint density at radius 2 is 2.19 bits per heavy atom. The summed E-state index contributed by atoms with van der Waals surface area (Å²) in [6.45, 7) is 1.79. The van der Waals surface area contributed by atoms with Crippen molar-refractivity contribution in [2.45, 2.75) is 32.2 Å². The summed E-state index contributed by atoms with van der Waals surface area (Å²) in [5, 5.41) is 3.27. The molecule has 0 radical (unpaired) electrons. The van der Waals surface area contributed by atoms with Crippen LogP contribution in [0, 0.1) is 12.7 Å². The van der Waals surface area contributed by atoms with Gasteiger partial charge >= 0.3 is 0 Å². The number of likely N-dealkylation sites (N-methyl/N-ethyl adjacent to an activating group) is 1. The number of nitrogens with one attached hydrogen (secondary N) is 1. The van der Waals surface area contributed by atoms with Gasteiger partial charge in [-0.2, -0.15) is 0 Å². The summed E-state index contributed by atoms with van der Waals surface area (Å²) in [5.41, 5.74) is 3.13. The van der Waals surface area contributed by atoms with E-state index in [1.54, 1.807) is 13.0 Å². The summed E-state index contributed by atoms with van der Waals surface area (Å²) < 4.78 is 13.5. The van der Waals surface area contributed by atoms with Crippen molar-refractivity contribution in [1.82, 2.24) is 5.32 Å². The number of allylic oxidation sites excluding steroid dienone is 1. The first-order valence-electron chi connectivity index (χ1n) is 5.84. The quantitative estimate of drug-likeness (QED) is 0.767. The Morgan fingerprint density at radius 3 is 2.75 bits per heavy atom. The van der Waals surface area contributed by atoms with Crippen LogP contribution in [-0.2, 0) is 0 Å². The smallest absolute Gasteiger partial charge is 0.126 e. The zero-order chi connectivity index (χ0) is 11.5. The molecule has 1 aliphatic carbocycles. The monoisotopic (exact) mass is 219 g/mol. The molecule has 0 saturated carbocycles. The highest BCUT2D eigenvalue weighted by Gasteiger charge is 2.17. The van der Waals surface area contributed by atoms with E-state index >= 15 is 0 Å². The molecule has 0 heterocycles. The van der Waals surface area contributed by atoms with Crippen molar-refractivity contribution in [3.63, 3.8) is 0 Å². The molecule has 1 aromatic carbocycles. The van der Waals surface area contributed by atoms with E-state index in [2.05, 4.69) is 11.4 Å². The van der Waals surface area contributed by atoms with Gasteiger partial charge in [0, 0.05) is 0 Å². The van der Waals surface area contributed by atoms with Crippen molar-refractivity contribution in [3.8, 4) is 0 Å². The van der Waals surface area contributed by atoms with E-state index in [4.69, 9.17) is 0 Å². The Kier molecular flexibility index (Phi) is 3.39.